The third-order valence-corrected chi connectivity index (χ3v) is 3.42. The van der Waals surface area contributed by atoms with Gasteiger partial charge < -0.3 is 9.64 Å². The molecule has 1 aromatic rings. The van der Waals surface area contributed by atoms with Crippen LogP contribution in [-0.2, 0) is 11.3 Å². The molecule has 3 nitrogen and oxygen atoms in total. The molecule has 0 aromatic heterocycles. The zero-order valence-corrected chi connectivity index (χ0v) is 9.58. The quantitative estimate of drug-likeness (QED) is 0.729. The lowest BCUT2D eigenvalue weighted by molar-refractivity contribution is 0.0959. The lowest BCUT2D eigenvalue weighted by atomic mass is 10.2. The third kappa shape index (κ3) is 2.05. The molecule has 0 spiro atoms. The SMILES string of the molecule is O=C(OCc1ccccc1)N1C[C@H]2C=C[C@H]1C2. The Hall–Kier alpha value is -1.77. The average molecular weight is 229 g/mol. The van der Waals surface area contributed by atoms with E-state index < -0.39 is 0 Å². The largest absolute Gasteiger partial charge is 0.445 e. The molecule has 1 aromatic carbocycles. The van der Waals surface area contributed by atoms with E-state index in [9.17, 15) is 4.79 Å². The maximum Gasteiger partial charge on any atom is 0.410 e. The predicted molar refractivity (Wildman–Crippen MR) is 64.4 cm³/mol. The molecule has 1 fully saturated rings. The van der Waals surface area contributed by atoms with Gasteiger partial charge >= 0.3 is 6.09 Å². The van der Waals surface area contributed by atoms with E-state index in [1.54, 1.807) is 0 Å². The summed E-state index contributed by atoms with van der Waals surface area (Å²) in [5, 5.41) is 0. The molecule has 1 saturated heterocycles. The first-order valence-corrected chi connectivity index (χ1v) is 5.98. The summed E-state index contributed by atoms with van der Waals surface area (Å²) in [7, 11) is 0. The van der Waals surface area contributed by atoms with Gasteiger partial charge in [0.25, 0.3) is 0 Å². The summed E-state index contributed by atoms with van der Waals surface area (Å²) in [5.41, 5.74) is 1.03. The fraction of sp³-hybridized carbons (Fsp3) is 0.357. The van der Waals surface area contributed by atoms with Gasteiger partial charge in [-0.1, -0.05) is 42.5 Å². The predicted octanol–water partition coefficient (Wildman–Crippen LogP) is 2.58. The summed E-state index contributed by atoms with van der Waals surface area (Å²) in [6, 6.07) is 10.0. The van der Waals surface area contributed by atoms with Crippen molar-refractivity contribution in [1.29, 1.82) is 0 Å². The van der Waals surface area contributed by atoms with Crippen molar-refractivity contribution in [3.8, 4) is 0 Å². The lowest BCUT2D eigenvalue weighted by Crippen LogP contribution is -2.36. The summed E-state index contributed by atoms with van der Waals surface area (Å²) in [4.78, 5) is 13.7. The van der Waals surface area contributed by atoms with Crippen molar-refractivity contribution in [2.24, 2.45) is 5.92 Å². The maximum absolute atomic E-state index is 11.9. The average Bonchev–Trinajstić information content (AvgIpc) is 2.99. The molecule has 1 aliphatic heterocycles. The molecule has 0 unspecified atom stereocenters. The zero-order chi connectivity index (χ0) is 11.7. The Kier molecular flexibility index (Phi) is 2.59. The fourth-order valence-electron chi connectivity index (χ4n) is 2.52. The molecule has 1 aliphatic carbocycles. The second-order valence-corrected chi connectivity index (χ2v) is 4.64. The summed E-state index contributed by atoms with van der Waals surface area (Å²) >= 11 is 0. The molecule has 0 radical (unpaired) electrons. The Balaban J connectivity index is 1.56. The van der Waals surface area contributed by atoms with Crippen molar-refractivity contribution in [3.05, 3.63) is 48.0 Å². The van der Waals surface area contributed by atoms with E-state index in [-0.39, 0.29) is 12.1 Å². The monoisotopic (exact) mass is 229 g/mol. The van der Waals surface area contributed by atoms with Crippen LogP contribution >= 0.6 is 0 Å². The van der Waals surface area contributed by atoms with Crippen molar-refractivity contribution < 1.29 is 9.53 Å². The van der Waals surface area contributed by atoms with Gasteiger partial charge in [0.05, 0.1) is 6.04 Å². The van der Waals surface area contributed by atoms with Crippen LogP contribution in [0.4, 0.5) is 4.79 Å². The highest BCUT2D eigenvalue weighted by molar-refractivity contribution is 5.69. The smallest absolute Gasteiger partial charge is 0.410 e. The van der Waals surface area contributed by atoms with Gasteiger partial charge in [-0.05, 0) is 17.9 Å². The number of fused-ring (bicyclic) bond motifs is 2. The Morgan fingerprint density at radius 3 is 2.76 bits per heavy atom. The Labute approximate surface area is 101 Å². The van der Waals surface area contributed by atoms with Crippen molar-refractivity contribution in [1.82, 2.24) is 4.90 Å². The number of likely N-dealkylation sites (tertiary alicyclic amines) is 1. The first kappa shape index (κ1) is 10.4. The van der Waals surface area contributed by atoms with E-state index >= 15 is 0 Å². The second kappa shape index (κ2) is 4.24. The van der Waals surface area contributed by atoms with Gasteiger partial charge in [-0.15, -0.1) is 0 Å². The maximum atomic E-state index is 11.9. The van der Waals surface area contributed by atoms with Crippen molar-refractivity contribution in [3.63, 3.8) is 0 Å². The molecule has 17 heavy (non-hydrogen) atoms. The van der Waals surface area contributed by atoms with Crippen LogP contribution in [-0.4, -0.2) is 23.6 Å². The molecule has 3 rings (SSSR count). The van der Waals surface area contributed by atoms with Crippen LogP contribution in [0.5, 0.6) is 0 Å². The molecule has 2 atom stereocenters. The van der Waals surface area contributed by atoms with Crippen LogP contribution in [0.3, 0.4) is 0 Å². The van der Waals surface area contributed by atoms with Gasteiger partial charge in [0, 0.05) is 6.54 Å². The van der Waals surface area contributed by atoms with Gasteiger partial charge in [0.2, 0.25) is 0 Å². The van der Waals surface area contributed by atoms with Crippen LogP contribution < -0.4 is 0 Å². The molecule has 1 heterocycles. The van der Waals surface area contributed by atoms with E-state index in [0.29, 0.717) is 12.5 Å². The Morgan fingerprint density at radius 1 is 1.29 bits per heavy atom. The number of carbonyl (C=O) groups excluding carboxylic acids is 1. The molecule has 0 saturated carbocycles. The summed E-state index contributed by atoms with van der Waals surface area (Å²) < 4.78 is 5.32. The lowest BCUT2D eigenvalue weighted by Gasteiger charge is -2.23. The summed E-state index contributed by atoms with van der Waals surface area (Å²) in [6.45, 7) is 1.17. The normalized spacial score (nSPS) is 25.3. The van der Waals surface area contributed by atoms with Crippen molar-refractivity contribution >= 4 is 6.09 Å². The van der Waals surface area contributed by atoms with E-state index in [4.69, 9.17) is 4.74 Å². The van der Waals surface area contributed by atoms with Gasteiger partial charge in [-0.3, -0.25) is 0 Å². The second-order valence-electron chi connectivity index (χ2n) is 4.64. The number of hydrogen-bond acceptors (Lipinski definition) is 2. The Morgan fingerprint density at radius 2 is 2.12 bits per heavy atom. The number of hydrogen-bond donors (Lipinski definition) is 0. The summed E-state index contributed by atoms with van der Waals surface area (Å²) in [6.07, 6.45) is 5.19. The highest BCUT2D eigenvalue weighted by Gasteiger charge is 2.37. The minimum atomic E-state index is -0.189. The van der Waals surface area contributed by atoms with E-state index in [1.807, 2.05) is 35.2 Å². The minimum absolute atomic E-state index is 0.189. The molecular formula is C14H15NO2. The van der Waals surface area contributed by atoms with Crippen LogP contribution in [0.15, 0.2) is 42.5 Å². The van der Waals surface area contributed by atoms with Crippen molar-refractivity contribution in [2.75, 3.05) is 6.54 Å². The number of benzene rings is 1. The molecule has 2 bridgehead atoms. The number of amides is 1. The van der Waals surface area contributed by atoms with Crippen molar-refractivity contribution in [2.45, 2.75) is 19.1 Å². The van der Waals surface area contributed by atoms with Gasteiger partial charge in [0.15, 0.2) is 0 Å². The van der Waals surface area contributed by atoms with E-state index in [0.717, 1.165) is 18.5 Å². The van der Waals surface area contributed by atoms with E-state index in [1.165, 1.54) is 0 Å². The first-order chi connectivity index (χ1) is 8.33. The minimum Gasteiger partial charge on any atom is -0.445 e. The molecule has 3 heteroatoms. The number of ether oxygens (including phenoxy) is 1. The fourth-order valence-corrected chi connectivity index (χ4v) is 2.52. The molecular weight excluding hydrogens is 214 g/mol. The van der Waals surface area contributed by atoms with Crippen LogP contribution in [0, 0.1) is 5.92 Å². The van der Waals surface area contributed by atoms with Gasteiger partial charge in [-0.25, -0.2) is 4.79 Å². The number of rotatable bonds is 2. The molecule has 88 valence electrons. The van der Waals surface area contributed by atoms with Crippen LogP contribution in [0.2, 0.25) is 0 Å². The topological polar surface area (TPSA) is 29.5 Å². The van der Waals surface area contributed by atoms with Gasteiger partial charge in [-0.2, -0.15) is 0 Å². The highest BCUT2D eigenvalue weighted by atomic mass is 16.6. The zero-order valence-electron chi connectivity index (χ0n) is 9.58. The van der Waals surface area contributed by atoms with Gasteiger partial charge in [0.1, 0.15) is 6.61 Å². The number of nitrogens with zero attached hydrogens (tertiary/aromatic N) is 1. The van der Waals surface area contributed by atoms with Crippen LogP contribution in [0.25, 0.3) is 0 Å². The highest BCUT2D eigenvalue weighted by Crippen LogP contribution is 2.31. The first-order valence-electron chi connectivity index (χ1n) is 5.98. The molecule has 1 amide bonds. The molecule has 0 N–H and O–H groups in total. The number of carbonyl (C=O) groups is 1. The van der Waals surface area contributed by atoms with E-state index in [2.05, 4.69) is 12.2 Å². The van der Waals surface area contributed by atoms with Crippen LogP contribution in [0.1, 0.15) is 12.0 Å². The Bertz CT molecular complexity index is 441. The molecule has 2 aliphatic rings. The standard InChI is InChI=1S/C14H15NO2/c16-14(15-9-12-6-7-13(15)8-12)17-10-11-4-2-1-3-5-11/h1-7,12-13H,8-10H2/t12-,13-/m0/s1. The third-order valence-electron chi connectivity index (χ3n) is 3.42. The summed E-state index contributed by atoms with van der Waals surface area (Å²) in [5.74, 6) is 0.546.